The van der Waals surface area contributed by atoms with E-state index in [1.54, 1.807) is 0 Å². The molecule has 0 unspecified atom stereocenters. The second kappa shape index (κ2) is 8.20. The Hall–Kier alpha value is -4.51. The van der Waals surface area contributed by atoms with E-state index in [2.05, 4.69) is 15.0 Å². The SMILES string of the molecule is N#Cc1nc(-c2cc(Oc3c(F)cc4[nH]ccc4c3F)ccc2F)[nH]c1Cc1ccccc1. The minimum Gasteiger partial charge on any atom is -0.451 e. The molecule has 0 aliphatic carbocycles. The highest BCUT2D eigenvalue weighted by Crippen LogP contribution is 2.35. The first-order valence-corrected chi connectivity index (χ1v) is 9.99. The van der Waals surface area contributed by atoms with Crippen molar-refractivity contribution in [2.75, 3.05) is 0 Å². The Morgan fingerprint density at radius 3 is 2.58 bits per heavy atom. The highest BCUT2D eigenvalue weighted by molar-refractivity contribution is 5.82. The van der Waals surface area contributed by atoms with Crippen LogP contribution in [0.2, 0.25) is 0 Å². The van der Waals surface area contributed by atoms with Gasteiger partial charge >= 0.3 is 0 Å². The van der Waals surface area contributed by atoms with Gasteiger partial charge < -0.3 is 14.7 Å². The van der Waals surface area contributed by atoms with Gasteiger partial charge in [-0.2, -0.15) is 5.26 Å². The zero-order valence-electron chi connectivity index (χ0n) is 17.0. The van der Waals surface area contributed by atoms with E-state index in [4.69, 9.17) is 4.74 Å². The average Bonchev–Trinajstić information content (AvgIpc) is 3.45. The lowest BCUT2D eigenvalue weighted by molar-refractivity contribution is 0.410. The third-order valence-electron chi connectivity index (χ3n) is 5.22. The van der Waals surface area contributed by atoms with Crippen molar-refractivity contribution >= 4 is 10.9 Å². The summed E-state index contributed by atoms with van der Waals surface area (Å²) in [4.78, 5) is 9.94. The number of rotatable bonds is 5. The van der Waals surface area contributed by atoms with Crippen LogP contribution < -0.4 is 4.74 Å². The summed E-state index contributed by atoms with van der Waals surface area (Å²) in [5, 5.41) is 9.64. The molecule has 0 aliphatic heterocycles. The van der Waals surface area contributed by atoms with Crippen LogP contribution in [0.1, 0.15) is 17.0 Å². The minimum atomic E-state index is -0.900. The number of aromatic nitrogens is 3. The number of aromatic amines is 2. The molecule has 0 saturated heterocycles. The molecule has 162 valence electrons. The van der Waals surface area contributed by atoms with Crippen LogP contribution in [0.15, 0.2) is 66.9 Å². The van der Waals surface area contributed by atoms with Crippen molar-refractivity contribution in [1.82, 2.24) is 15.0 Å². The molecule has 2 heterocycles. The monoisotopic (exact) mass is 444 g/mol. The van der Waals surface area contributed by atoms with Crippen molar-refractivity contribution in [2.24, 2.45) is 0 Å². The Kier molecular flexibility index (Phi) is 5.07. The molecular weight excluding hydrogens is 429 g/mol. The Labute approximate surface area is 186 Å². The molecule has 3 aromatic carbocycles. The molecule has 0 bridgehead atoms. The van der Waals surface area contributed by atoms with Crippen molar-refractivity contribution in [1.29, 1.82) is 5.26 Å². The van der Waals surface area contributed by atoms with Crippen molar-refractivity contribution in [3.63, 3.8) is 0 Å². The van der Waals surface area contributed by atoms with Crippen LogP contribution >= 0.6 is 0 Å². The third kappa shape index (κ3) is 3.81. The number of ether oxygens (including phenoxy) is 1. The lowest BCUT2D eigenvalue weighted by Gasteiger charge is -2.10. The smallest absolute Gasteiger partial charge is 0.199 e. The van der Waals surface area contributed by atoms with E-state index in [1.807, 2.05) is 36.4 Å². The van der Waals surface area contributed by atoms with Crippen molar-refractivity contribution in [3.05, 3.63) is 101 Å². The topological polar surface area (TPSA) is 77.5 Å². The van der Waals surface area contributed by atoms with E-state index in [9.17, 15) is 18.4 Å². The zero-order valence-corrected chi connectivity index (χ0v) is 17.0. The van der Waals surface area contributed by atoms with E-state index in [-0.39, 0.29) is 28.2 Å². The van der Waals surface area contributed by atoms with Gasteiger partial charge in [0.2, 0.25) is 0 Å². The molecule has 5 rings (SSSR count). The number of hydrogen-bond donors (Lipinski definition) is 2. The van der Waals surface area contributed by atoms with E-state index in [1.165, 1.54) is 24.4 Å². The molecule has 0 aliphatic rings. The third-order valence-corrected chi connectivity index (χ3v) is 5.22. The zero-order chi connectivity index (χ0) is 22.9. The van der Waals surface area contributed by atoms with Gasteiger partial charge in [0.05, 0.1) is 16.8 Å². The Morgan fingerprint density at radius 2 is 1.79 bits per heavy atom. The molecule has 0 spiro atoms. The molecule has 0 atom stereocenters. The second-order valence-corrected chi connectivity index (χ2v) is 7.37. The van der Waals surface area contributed by atoms with Crippen LogP contribution in [0.3, 0.4) is 0 Å². The number of nitriles is 1. The van der Waals surface area contributed by atoms with E-state index < -0.39 is 23.2 Å². The summed E-state index contributed by atoms with van der Waals surface area (Å²) in [6.45, 7) is 0. The number of fused-ring (bicyclic) bond motifs is 1. The minimum absolute atomic E-state index is 0.00634. The normalized spacial score (nSPS) is 11.0. The Balaban J connectivity index is 1.51. The maximum absolute atomic E-state index is 14.7. The molecule has 5 nitrogen and oxygen atoms in total. The fraction of sp³-hybridized carbons (Fsp3) is 0.0400. The van der Waals surface area contributed by atoms with Gasteiger partial charge in [0.15, 0.2) is 23.1 Å². The van der Waals surface area contributed by atoms with Gasteiger partial charge in [-0.15, -0.1) is 0 Å². The summed E-state index contributed by atoms with van der Waals surface area (Å²) in [5.74, 6) is -2.87. The van der Waals surface area contributed by atoms with E-state index >= 15 is 0 Å². The predicted octanol–water partition coefficient (Wildman–Crippen LogP) is 6.23. The molecule has 5 aromatic rings. The van der Waals surface area contributed by atoms with E-state index in [0.717, 1.165) is 17.7 Å². The molecule has 2 N–H and O–H groups in total. The molecule has 0 saturated carbocycles. The second-order valence-electron chi connectivity index (χ2n) is 7.37. The maximum Gasteiger partial charge on any atom is 0.199 e. The predicted molar refractivity (Wildman–Crippen MR) is 116 cm³/mol. The molecule has 8 heteroatoms. The fourth-order valence-electron chi connectivity index (χ4n) is 3.63. The number of imidazole rings is 1. The number of benzene rings is 3. The molecular formula is C25H15F3N4O. The summed E-state index contributed by atoms with van der Waals surface area (Å²) in [7, 11) is 0. The lowest BCUT2D eigenvalue weighted by Crippen LogP contribution is -1.95. The van der Waals surface area contributed by atoms with Gasteiger partial charge in [0.1, 0.15) is 23.5 Å². The molecule has 2 aromatic heterocycles. The maximum atomic E-state index is 14.7. The van der Waals surface area contributed by atoms with Crippen LogP contribution in [-0.4, -0.2) is 15.0 Å². The number of nitrogens with one attached hydrogen (secondary N) is 2. The lowest BCUT2D eigenvalue weighted by atomic mass is 10.1. The quantitative estimate of drug-likeness (QED) is 0.337. The molecule has 0 fully saturated rings. The summed E-state index contributed by atoms with van der Waals surface area (Å²) < 4.78 is 49.3. The first-order valence-electron chi connectivity index (χ1n) is 9.99. The van der Waals surface area contributed by atoms with Crippen LogP contribution in [0.25, 0.3) is 22.3 Å². The van der Waals surface area contributed by atoms with Gasteiger partial charge in [-0.1, -0.05) is 30.3 Å². The van der Waals surface area contributed by atoms with Crippen molar-refractivity contribution in [3.8, 4) is 29.0 Å². The Morgan fingerprint density at radius 1 is 0.970 bits per heavy atom. The fourth-order valence-corrected chi connectivity index (χ4v) is 3.63. The number of nitrogens with zero attached hydrogens (tertiary/aromatic N) is 2. The van der Waals surface area contributed by atoms with Gasteiger partial charge in [-0.3, -0.25) is 0 Å². The molecule has 0 radical (unpaired) electrons. The standard InChI is InChI=1S/C25H15F3N4O/c26-18-7-6-15(33-24-19(27)12-20-16(23(24)28)8-9-30-20)11-17(18)25-31-21(22(13-29)32-25)10-14-4-2-1-3-5-14/h1-9,11-12,30H,10H2,(H,31,32). The summed E-state index contributed by atoms with van der Waals surface area (Å²) in [6, 6.07) is 17.7. The average molecular weight is 444 g/mol. The summed E-state index contributed by atoms with van der Waals surface area (Å²) >= 11 is 0. The van der Waals surface area contributed by atoms with E-state index in [0.29, 0.717) is 17.6 Å². The van der Waals surface area contributed by atoms with Crippen molar-refractivity contribution < 1.29 is 17.9 Å². The largest absolute Gasteiger partial charge is 0.451 e. The summed E-state index contributed by atoms with van der Waals surface area (Å²) in [6.07, 6.45) is 1.89. The van der Waals surface area contributed by atoms with Crippen LogP contribution in [0.4, 0.5) is 13.2 Å². The van der Waals surface area contributed by atoms with Crippen molar-refractivity contribution in [2.45, 2.75) is 6.42 Å². The highest BCUT2D eigenvalue weighted by Gasteiger charge is 2.19. The van der Waals surface area contributed by atoms with Gasteiger partial charge in [-0.25, -0.2) is 18.2 Å². The molecule has 0 amide bonds. The van der Waals surface area contributed by atoms with Gasteiger partial charge in [-0.05, 0) is 29.8 Å². The number of H-pyrrole nitrogens is 2. The first kappa shape index (κ1) is 20.4. The van der Waals surface area contributed by atoms with Crippen LogP contribution in [-0.2, 0) is 6.42 Å². The first-order chi connectivity index (χ1) is 16.0. The number of halogens is 3. The highest BCUT2D eigenvalue weighted by atomic mass is 19.1. The van der Waals surface area contributed by atoms with Crippen LogP contribution in [0, 0.1) is 28.8 Å². The Bertz CT molecular complexity index is 1520. The van der Waals surface area contributed by atoms with Gasteiger partial charge in [0, 0.05) is 24.1 Å². The van der Waals surface area contributed by atoms with Crippen LogP contribution in [0.5, 0.6) is 11.5 Å². The molecule has 33 heavy (non-hydrogen) atoms. The summed E-state index contributed by atoms with van der Waals surface area (Å²) in [5.41, 5.74) is 1.91. The number of hydrogen-bond acceptors (Lipinski definition) is 3. The van der Waals surface area contributed by atoms with Gasteiger partial charge in [0.25, 0.3) is 0 Å².